The average molecular weight is 377 g/mol. The highest BCUT2D eigenvalue weighted by Crippen LogP contribution is 2.25. The molecule has 0 bridgehead atoms. The molecule has 6 nitrogen and oxygen atoms in total. The van der Waals surface area contributed by atoms with Gasteiger partial charge in [0, 0.05) is 43.1 Å². The van der Waals surface area contributed by atoms with E-state index in [0.717, 1.165) is 28.5 Å². The minimum absolute atomic E-state index is 0.123. The van der Waals surface area contributed by atoms with E-state index in [9.17, 15) is 4.79 Å². The summed E-state index contributed by atoms with van der Waals surface area (Å²) in [7, 11) is 1.77. The van der Waals surface area contributed by atoms with E-state index in [-0.39, 0.29) is 5.91 Å². The highest BCUT2D eigenvalue weighted by Gasteiger charge is 2.18. The third-order valence-electron chi connectivity index (χ3n) is 4.37. The summed E-state index contributed by atoms with van der Waals surface area (Å²) >= 11 is 1.44. The van der Waals surface area contributed by atoms with Crippen LogP contribution < -0.4 is 4.90 Å². The Morgan fingerprint density at radius 2 is 2.00 bits per heavy atom. The number of anilines is 1. The molecule has 27 heavy (non-hydrogen) atoms. The zero-order chi connectivity index (χ0) is 18.8. The molecule has 0 saturated heterocycles. The number of aryl methyl sites for hydroxylation is 1. The molecule has 0 aliphatic carbocycles. The molecule has 136 valence electrons. The Morgan fingerprint density at radius 1 is 1.19 bits per heavy atom. The maximum Gasteiger partial charge on any atom is 0.277 e. The predicted octanol–water partition coefficient (Wildman–Crippen LogP) is 4.09. The first kappa shape index (κ1) is 17.2. The summed E-state index contributed by atoms with van der Waals surface area (Å²) in [6.07, 6.45) is 7.61. The molecule has 4 rings (SSSR count). The Morgan fingerprint density at radius 3 is 2.74 bits per heavy atom. The third-order valence-corrected chi connectivity index (χ3v) is 5.26. The van der Waals surface area contributed by atoms with Crippen molar-refractivity contribution in [3.05, 3.63) is 72.3 Å². The second kappa shape index (κ2) is 7.20. The molecule has 0 atom stereocenters. The van der Waals surface area contributed by atoms with Crippen LogP contribution in [0.5, 0.6) is 0 Å². The van der Waals surface area contributed by atoms with Gasteiger partial charge >= 0.3 is 0 Å². The molecule has 3 aromatic heterocycles. The van der Waals surface area contributed by atoms with Crippen LogP contribution in [0.1, 0.15) is 17.4 Å². The number of carbonyl (C=O) groups excluding carboxylic acids is 1. The summed E-state index contributed by atoms with van der Waals surface area (Å²) < 4.78 is 3.83. The van der Waals surface area contributed by atoms with Crippen LogP contribution in [-0.2, 0) is 6.54 Å². The Labute approximate surface area is 161 Å². The molecule has 0 unspecified atom stereocenters. The summed E-state index contributed by atoms with van der Waals surface area (Å²) in [5.41, 5.74) is 3.17. The Hall–Kier alpha value is -3.19. The van der Waals surface area contributed by atoms with Gasteiger partial charge in [0.2, 0.25) is 0 Å². The van der Waals surface area contributed by atoms with Gasteiger partial charge in [-0.3, -0.25) is 4.79 Å². The second-order valence-electron chi connectivity index (χ2n) is 6.11. The molecule has 0 N–H and O–H groups in total. The zero-order valence-corrected chi connectivity index (χ0v) is 15.9. The van der Waals surface area contributed by atoms with E-state index in [1.54, 1.807) is 28.2 Å². The minimum Gasteiger partial charge on any atom is -0.352 e. The third kappa shape index (κ3) is 3.41. The van der Waals surface area contributed by atoms with E-state index >= 15 is 0 Å². The number of hydrogen-bond donors (Lipinski definition) is 0. The first-order valence-corrected chi connectivity index (χ1v) is 9.53. The van der Waals surface area contributed by atoms with E-state index < -0.39 is 0 Å². The van der Waals surface area contributed by atoms with Crippen LogP contribution in [-0.4, -0.2) is 32.3 Å². The number of carbonyl (C=O) groups is 1. The van der Waals surface area contributed by atoms with Crippen LogP contribution in [0.4, 0.5) is 5.69 Å². The monoisotopic (exact) mass is 377 g/mol. The fourth-order valence-electron chi connectivity index (χ4n) is 2.77. The van der Waals surface area contributed by atoms with Crippen LogP contribution in [0, 0.1) is 0 Å². The van der Waals surface area contributed by atoms with Gasteiger partial charge in [-0.25, -0.2) is 9.67 Å². The molecule has 1 aromatic carbocycles. The number of amides is 1. The van der Waals surface area contributed by atoms with Crippen molar-refractivity contribution in [2.45, 2.75) is 13.5 Å². The van der Waals surface area contributed by atoms with Crippen molar-refractivity contribution in [2.24, 2.45) is 0 Å². The topological polar surface area (TPSA) is 56.0 Å². The number of rotatable bonds is 5. The van der Waals surface area contributed by atoms with E-state index in [1.165, 1.54) is 11.3 Å². The van der Waals surface area contributed by atoms with Gasteiger partial charge in [-0.15, -0.1) is 11.3 Å². The molecule has 1 amide bonds. The van der Waals surface area contributed by atoms with Gasteiger partial charge in [0.25, 0.3) is 5.91 Å². The highest BCUT2D eigenvalue weighted by atomic mass is 32.1. The summed E-state index contributed by atoms with van der Waals surface area (Å²) in [5, 5.41) is 6.97. The SMILES string of the molecule is CCn1ccc(N(C)C(=O)c2csc(-c3cnn(-c4ccccc4)c3)n2)c1. The van der Waals surface area contributed by atoms with E-state index in [1.807, 2.05) is 59.6 Å². The van der Waals surface area contributed by atoms with Crippen molar-refractivity contribution in [1.29, 1.82) is 0 Å². The fraction of sp³-hybridized carbons (Fsp3) is 0.150. The van der Waals surface area contributed by atoms with Gasteiger partial charge in [-0.1, -0.05) is 18.2 Å². The molecule has 0 saturated carbocycles. The Balaban J connectivity index is 1.55. The highest BCUT2D eigenvalue weighted by molar-refractivity contribution is 7.13. The van der Waals surface area contributed by atoms with Crippen LogP contribution in [0.25, 0.3) is 16.3 Å². The summed E-state index contributed by atoms with van der Waals surface area (Å²) in [6.45, 7) is 2.93. The smallest absolute Gasteiger partial charge is 0.277 e. The number of benzene rings is 1. The first-order valence-electron chi connectivity index (χ1n) is 8.65. The first-order chi connectivity index (χ1) is 13.2. The van der Waals surface area contributed by atoms with E-state index in [0.29, 0.717) is 5.69 Å². The van der Waals surface area contributed by atoms with Gasteiger partial charge < -0.3 is 9.47 Å². The number of hydrogen-bond acceptors (Lipinski definition) is 4. The molecular formula is C20H19N5OS. The molecular weight excluding hydrogens is 358 g/mol. The molecule has 4 aromatic rings. The largest absolute Gasteiger partial charge is 0.352 e. The summed E-state index contributed by atoms with van der Waals surface area (Å²) in [4.78, 5) is 18.9. The van der Waals surface area contributed by atoms with Crippen molar-refractivity contribution in [1.82, 2.24) is 19.3 Å². The van der Waals surface area contributed by atoms with Gasteiger partial charge in [-0.2, -0.15) is 5.10 Å². The van der Waals surface area contributed by atoms with Crippen molar-refractivity contribution >= 4 is 22.9 Å². The number of para-hydroxylation sites is 1. The van der Waals surface area contributed by atoms with E-state index in [4.69, 9.17) is 0 Å². The standard InChI is InChI=1S/C20H19N5OS/c1-3-24-10-9-17(13-24)23(2)20(26)18-14-27-19(22-18)15-11-21-25(12-15)16-7-5-4-6-8-16/h4-14H,3H2,1-2H3. The maximum absolute atomic E-state index is 12.8. The number of aromatic nitrogens is 4. The normalized spacial score (nSPS) is 10.9. The van der Waals surface area contributed by atoms with Gasteiger partial charge in [0.05, 0.1) is 17.6 Å². The van der Waals surface area contributed by atoms with Crippen LogP contribution in [0.15, 0.2) is 66.6 Å². The molecule has 0 aliphatic rings. The number of thiazole rings is 1. The lowest BCUT2D eigenvalue weighted by Crippen LogP contribution is -2.26. The quantitative estimate of drug-likeness (QED) is 0.526. The lowest BCUT2D eigenvalue weighted by atomic mass is 10.3. The van der Waals surface area contributed by atoms with Crippen molar-refractivity contribution in [3.8, 4) is 16.3 Å². The Bertz CT molecular complexity index is 1060. The lowest BCUT2D eigenvalue weighted by Gasteiger charge is -2.13. The summed E-state index contributed by atoms with van der Waals surface area (Å²) in [5.74, 6) is -0.123. The molecule has 7 heteroatoms. The van der Waals surface area contributed by atoms with Gasteiger partial charge in [-0.05, 0) is 25.1 Å². The molecule has 0 aliphatic heterocycles. The maximum atomic E-state index is 12.8. The van der Waals surface area contributed by atoms with E-state index in [2.05, 4.69) is 17.0 Å². The minimum atomic E-state index is -0.123. The molecule has 0 fully saturated rings. The van der Waals surface area contributed by atoms with Gasteiger partial charge in [0.15, 0.2) is 0 Å². The fourth-order valence-corrected chi connectivity index (χ4v) is 3.54. The summed E-state index contributed by atoms with van der Waals surface area (Å²) in [6, 6.07) is 11.8. The average Bonchev–Trinajstić information content (AvgIpc) is 3.47. The number of nitrogens with zero attached hydrogens (tertiary/aromatic N) is 5. The second-order valence-corrected chi connectivity index (χ2v) is 6.97. The lowest BCUT2D eigenvalue weighted by molar-refractivity contribution is 0.0989. The molecule has 3 heterocycles. The molecule has 0 radical (unpaired) electrons. The van der Waals surface area contributed by atoms with Crippen molar-refractivity contribution in [2.75, 3.05) is 11.9 Å². The van der Waals surface area contributed by atoms with Crippen LogP contribution in [0.3, 0.4) is 0 Å². The van der Waals surface area contributed by atoms with Gasteiger partial charge in [0.1, 0.15) is 10.7 Å². The Kier molecular flexibility index (Phi) is 4.60. The molecule has 0 spiro atoms. The predicted molar refractivity (Wildman–Crippen MR) is 108 cm³/mol. The van der Waals surface area contributed by atoms with Crippen molar-refractivity contribution < 1.29 is 4.79 Å². The van der Waals surface area contributed by atoms with Crippen LogP contribution >= 0.6 is 11.3 Å². The van der Waals surface area contributed by atoms with Crippen LogP contribution in [0.2, 0.25) is 0 Å². The van der Waals surface area contributed by atoms with Crippen molar-refractivity contribution in [3.63, 3.8) is 0 Å². The zero-order valence-electron chi connectivity index (χ0n) is 15.1.